The number of sulfone groups is 1. The van der Waals surface area contributed by atoms with Gasteiger partial charge >= 0.3 is 0 Å². The summed E-state index contributed by atoms with van der Waals surface area (Å²) in [7, 11) is -2.89. The van der Waals surface area contributed by atoms with E-state index < -0.39 is 15.7 Å². The molecule has 2 heterocycles. The van der Waals surface area contributed by atoms with Crippen molar-refractivity contribution >= 4 is 15.5 Å². The summed E-state index contributed by atoms with van der Waals surface area (Å²) in [5, 5.41) is 7.07. The van der Waals surface area contributed by atoms with Crippen molar-refractivity contribution in [3.05, 3.63) is 36.7 Å². The Hall–Kier alpha value is -1.96. The molecule has 0 amide bonds. The molecule has 112 valence electrons. The SMILES string of the molecule is O=S1(=O)CCC(Nc2ccc(-n3cncn3)c(F)c2)CC1. The molecule has 1 saturated heterocycles. The number of aromatic nitrogens is 3. The van der Waals surface area contributed by atoms with Gasteiger partial charge in [-0.25, -0.2) is 22.5 Å². The molecule has 1 aliphatic heterocycles. The van der Waals surface area contributed by atoms with E-state index in [2.05, 4.69) is 15.4 Å². The van der Waals surface area contributed by atoms with Gasteiger partial charge in [0.2, 0.25) is 0 Å². The van der Waals surface area contributed by atoms with Gasteiger partial charge in [0.1, 0.15) is 28.2 Å². The summed E-state index contributed by atoms with van der Waals surface area (Å²) in [6.45, 7) is 0. The molecule has 1 N–H and O–H groups in total. The number of hydrogen-bond acceptors (Lipinski definition) is 5. The van der Waals surface area contributed by atoms with E-state index in [0.29, 0.717) is 24.2 Å². The summed E-state index contributed by atoms with van der Waals surface area (Å²) in [5.41, 5.74) is 0.963. The fourth-order valence-corrected chi connectivity index (χ4v) is 3.88. The second-order valence-electron chi connectivity index (χ2n) is 5.08. The number of rotatable bonds is 3. The maximum atomic E-state index is 14.1. The molecule has 1 aromatic carbocycles. The van der Waals surface area contributed by atoms with E-state index in [-0.39, 0.29) is 17.5 Å². The van der Waals surface area contributed by atoms with Crippen LogP contribution in [0.15, 0.2) is 30.9 Å². The number of nitrogens with one attached hydrogen (secondary N) is 1. The van der Waals surface area contributed by atoms with Gasteiger partial charge in [0.15, 0.2) is 5.82 Å². The molecule has 0 radical (unpaired) electrons. The first-order valence-corrected chi connectivity index (χ1v) is 8.47. The number of anilines is 1. The molecule has 21 heavy (non-hydrogen) atoms. The van der Waals surface area contributed by atoms with Crippen LogP contribution in [-0.2, 0) is 9.84 Å². The van der Waals surface area contributed by atoms with Gasteiger partial charge in [-0.2, -0.15) is 5.10 Å². The molecule has 1 aliphatic rings. The number of hydrogen-bond donors (Lipinski definition) is 1. The van der Waals surface area contributed by atoms with Crippen LogP contribution in [-0.4, -0.2) is 40.7 Å². The monoisotopic (exact) mass is 310 g/mol. The smallest absolute Gasteiger partial charge is 0.150 e. The topological polar surface area (TPSA) is 76.9 Å². The lowest BCUT2D eigenvalue weighted by molar-refractivity contribution is 0.559. The van der Waals surface area contributed by atoms with Crippen molar-refractivity contribution in [3.8, 4) is 5.69 Å². The molecule has 0 saturated carbocycles. The Bertz CT molecular complexity index is 717. The summed E-state index contributed by atoms with van der Waals surface area (Å²) in [4.78, 5) is 3.78. The molecule has 8 heteroatoms. The third-order valence-electron chi connectivity index (χ3n) is 3.54. The Labute approximate surface area is 121 Å². The van der Waals surface area contributed by atoms with Crippen LogP contribution >= 0.6 is 0 Å². The van der Waals surface area contributed by atoms with E-state index in [9.17, 15) is 12.8 Å². The number of benzene rings is 1. The Balaban J connectivity index is 1.71. The van der Waals surface area contributed by atoms with Crippen molar-refractivity contribution in [3.63, 3.8) is 0 Å². The van der Waals surface area contributed by atoms with E-state index in [1.54, 1.807) is 12.1 Å². The largest absolute Gasteiger partial charge is 0.382 e. The molecule has 3 rings (SSSR count). The quantitative estimate of drug-likeness (QED) is 0.927. The molecule has 0 unspecified atom stereocenters. The molecular weight excluding hydrogens is 295 g/mol. The molecule has 1 fully saturated rings. The highest BCUT2D eigenvalue weighted by atomic mass is 32.2. The normalized spacial score (nSPS) is 18.5. The zero-order valence-electron chi connectivity index (χ0n) is 11.2. The average Bonchev–Trinajstić information content (AvgIpc) is 2.95. The predicted octanol–water partition coefficient (Wildman–Crippen LogP) is 1.40. The lowest BCUT2D eigenvalue weighted by Crippen LogP contribution is -2.32. The fraction of sp³-hybridized carbons (Fsp3) is 0.385. The summed E-state index contributed by atoms with van der Waals surface area (Å²) in [6.07, 6.45) is 3.87. The zero-order valence-corrected chi connectivity index (χ0v) is 12.1. The second kappa shape index (κ2) is 5.44. The minimum absolute atomic E-state index is 0.0603. The number of halogens is 1. The van der Waals surface area contributed by atoms with Crippen molar-refractivity contribution in [2.75, 3.05) is 16.8 Å². The predicted molar refractivity (Wildman–Crippen MR) is 76.6 cm³/mol. The van der Waals surface area contributed by atoms with Crippen LogP contribution in [0.3, 0.4) is 0 Å². The summed E-state index contributed by atoms with van der Waals surface area (Å²) >= 11 is 0. The molecule has 0 spiro atoms. The summed E-state index contributed by atoms with van der Waals surface area (Å²) in [5.74, 6) is -0.0390. The van der Waals surface area contributed by atoms with Crippen LogP contribution in [0.2, 0.25) is 0 Å². The molecule has 6 nitrogen and oxygen atoms in total. The minimum Gasteiger partial charge on any atom is -0.382 e. The van der Waals surface area contributed by atoms with Gasteiger partial charge in [-0.3, -0.25) is 0 Å². The minimum atomic E-state index is -2.89. The first kappa shape index (κ1) is 14.0. The van der Waals surface area contributed by atoms with E-state index in [4.69, 9.17) is 0 Å². The van der Waals surface area contributed by atoms with Crippen molar-refractivity contribution in [1.82, 2.24) is 14.8 Å². The van der Waals surface area contributed by atoms with Gasteiger partial charge in [0, 0.05) is 11.7 Å². The Kier molecular flexibility index (Phi) is 3.62. The van der Waals surface area contributed by atoms with Gasteiger partial charge in [-0.05, 0) is 31.0 Å². The van der Waals surface area contributed by atoms with Crippen LogP contribution in [0.25, 0.3) is 5.69 Å². The zero-order chi connectivity index (χ0) is 14.9. The first-order chi connectivity index (χ1) is 10.0. The highest BCUT2D eigenvalue weighted by Crippen LogP contribution is 2.21. The Morgan fingerprint density at radius 2 is 2.05 bits per heavy atom. The van der Waals surface area contributed by atoms with Crippen molar-refractivity contribution in [2.45, 2.75) is 18.9 Å². The molecular formula is C13H15FN4O2S. The van der Waals surface area contributed by atoms with Crippen LogP contribution < -0.4 is 5.32 Å². The third kappa shape index (κ3) is 3.21. The third-order valence-corrected chi connectivity index (χ3v) is 5.25. The van der Waals surface area contributed by atoms with Gasteiger partial charge in [-0.15, -0.1) is 0 Å². The van der Waals surface area contributed by atoms with Crippen LogP contribution in [0.4, 0.5) is 10.1 Å². The van der Waals surface area contributed by atoms with Crippen LogP contribution in [0.1, 0.15) is 12.8 Å². The summed E-state index contributed by atoms with van der Waals surface area (Å²) in [6, 6.07) is 4.82. The van der Waals surface area contributed by atoms with E-state index in [1.807, 2.05) is 0 Å². The Morgan fingerprint density at radius 1 is 1.29 bits per heavy atom. The molecule has 0 aliphatic carbocycles. The first-order valence-electron chi connectivity index (χ1n) is 6.65. The highest BCUT2D eigenvalue weighted by molar-refractivity contribution is 7.91. The number of nitrogens with zero attached hydrogens (tertiary/aromatic N) is 3. The molecule has 2 aromatic rings. The highest BCUT2D eigenvalue weighted by Gasteiger charge is 2.23. The average molecular weight is 310 g/mol. The van der Waals surface area contributed by atoms with Crippen molar-refractivity contribution in [1.29, 1.82) is 0 Å². The van der Waals surface area contributed by atoms with E-state index in [1.165, 1.54) is 23.4 Å². The Morgan fingerprint density at radius 3 is 2.67 bits per heavy atom. The molecule has 0 bridgehead atoms. The van der Waals surface area contributed by atoms with Crippen LogP contribution in [0.5, 0.6) is 0 Å². The summed E-state index contributed by atoms with van der Waals surface area (Å²) < 4.78 is 38.2. The lowest BCUT2D eigenvalue weighted by Gasteiger charge is -2.24. The standard InChI is InChI=1S/C13H15FN4O2S/c14-12-7-11(1-2-13(12)18-9-15-8-16-18)17-10-3-5-21(19,20)6-4-10/h1-2,7-10,17H,3-6H2. The lowest BCUT2D eigenvalue weighted by atomic mass is 10.1. The van der Waals surface area contributed by atoms with Gasteiger partial charge in [-0.1, -0.05) is 0 Å². The maximum Gasteiger partial charge on any atom is 0.150 e. The van der Waals surface area contributed by atoms with Crippen LogP contribution in [0, 0.1) is 5.82 Å². The molecule has 0 atom stereocenters. The van der Waals surface area contributed by atoms with Gasteiger partial charge < -0.3 is 5.32 Å². The molecule has 1 aromatic heterocycles. The van der Waals surface area contributed by atoms with Gasteiger partial charge in [0.25, 0.3) is 0 Å². The van der Waals surface area contributed by atoms with E-state index >= 15 is 0 Å². The second-order valence-corrected chi connectivity index (χ2v) is 7.38. The van der Waals surface area contributed by atoms with Gasteiger partial charge in [0.05, 0.1) is 11.5 Å². The van der Waals surface area contributed by atoms with E-state index in [0.717, 1.165) is 0 Å². The fourth-order valence-electron chi connectivity index (χ4n) is 2.39. The van der Waals surface area contributed by atoms with Crippen molar-refractivity contribution in [2.24, 2.45) is 0 Å². The van der Waals surface area contributed by atoms with Crippen molar-refractivity contribution < 1.29 is 12.8 Å². The maximum absolute atomic E-state index is 14.1.